The molecule has 0 spiro atoms. The van der Waals surface area contributed by atoms with Crippen LogP contribution in [0.3, 0.4) is 0 Å². The van der Waals surface area contributed by atoms with Gasteiger partial charge in [0.2, 0.25) is 5.91 Å². The maximum Gasteiger partial charge on any atom is 0.306 e. The molecule has 2 unspecified atom stereocenters. The number of hydrogen-bond donors (Lipinski definition) is 1. The first kappa shape index (κ1) is 22.0. The second-order valence-corrected chi connectivity index (χ2v) is 8.18. The van der Waals surface area contributed by atoms with Gasteiger partial charge in [0.25, 0.3) is 5.24 Å². The van der Waals surface area contributed by atoms with Crippen LogP contribution in [-0.4, -0.2) is 36.1 Å². The number of amides is 2. The highest BCUT2D eigenvalue weighted by Gasteiger charge is 2.33. The molecule has 160 valence electrons. The van der Waals surface area contributed by atoms with Gasteiger partial charge < -0.3 is 14.2 Å². The maximum atomic E-state index is 11.9. The Kier molecular flexibility index (Phi) is 7.57. The van der Waals surface area contributed by atoms with E-state index in [1.807, 2.05) is 42.5 Å². The molecule has 8 heteroatoms. The predicted molar refractivity (Wildman–Crippen MR) is 113 cm³/mol. The van der Waals surface area contributed by atoms with E-state index in [1.54, 1.807) is 14.0 Å². The number of thioether (sulfide) groups is 1. The summed E-state index contributed by atoms with van der Waals surface area (Å²) in [6.07, 6.45) is 6.84. The van der Waals surface area contributed by atoms with Crippen LogP contribution in [0.2, 0.25) is 0 Å². The summed E-state index contributed by atoms with van der Waals surface area (Å²) in [5.41, 5.74) is 0.795. The molecule has 2 amide bonds. The first-order valence-corrected chi connectivity index (χ1v) is 10.7. The normalized spacial score (nSPS) is 21.6. The molecule has 2 aliphatic rings. The van der Waals surface area contributed by atoms with Crippen LogP contribution in [0.25, 0.3) is 0 Å². The van der Waals surface area contributed by atoms with Crippen LogP contribution in [-0.2, 0) is 19.1 Å². The first-order valence-electron chi connectivity index (χ1n) is 9.84. The van der Waals surface area contributed by atoms with Crippen molar-refractivity contribution in [3.63, 3.8) is 0 Å². The number of carbonyl (C=O) groups excluding carboxylic acids is 3. The third-order valence-electron chi connectivity index (χ3n) is 4.87. The van der Waals surface area contributed by atoms with Gasteiger partial charge in [0.1, 0.15) is 18.1 Å². The number of nitrogens with one attached hydrogen (secondary N) is 1. The minimum atomic E-state index is -0.552. The molecular weight excluding hydrogens is 406 g/mol. The van der Waals surface area contributed by atoms with Crippen LogP contribution in [0, 0.1) is 5.92 Å². The fraction of sp³-hybridized carbons (Fsp3) is 0.409. The van der Waals surface area contributed by atoms with Crippen LogP contribution in [0.5, 0.6) is 5.75 Å². The number of imide groups is 1. The Bertz CT molecular complexity index is 865. The number of allylic oxidation sites excluding steroid dienone is 3. The molecule has 3 atom stereocenters. The average Bonchev–Trinajstić information content (AvgIpc) is 3.08. The van der Waals surface area contributed by atoms with Crippen molar-refractivity contribution in [2.75, 3.05) is 13.7 Å². The Balaban J connectivity index is 1.57. The van der Waals surface area contributed by atoms with E-state index in [0.717, 1.165) is 17.3 Å². The molecule has 0 radical (unpaired) electrons. The molecule has 1 aliphatic heterocycles. The van der Waals surface area contributed by atoms with E-state index in [9.17, 15) is 14.4 Å². The molecule has 1 fully saturated rings. The summed E-state index contributed by atoms with van der Waals surface area (Å²) in [5.74, 6) is 1.01. The molecule has 1 saturated heterocycles. The van der Waals surface area contributed by atoms with Gasteiger partial charge >= 0.3 is 5.97 Å². The smallest absolute Gasteiger partial charge is 0.306 e. The van der Waals surface area contributed by atoms with Crippen molar-refractivity contribution in [3.05, 3.63) is 53.8 Å². The molecule has 1 heterocycles. The number of hydrogen-bond acceptors (Lipinski definition) is 7. The van der Waals surface area contributed by atoms with Crippen molar-refractivity contribution in [2.45, 2.75) is 37.5 Å². The van der Waals surface area contributed by atoms with Crippen LogP contribution in [0.4, 0.5) is 4.79 Å². The van der Waals surface area contributed by atoms with Gasteiger partial charge in [-0.2, -0.15) is 0 Å². The lowest BCUT2D eigenvalue weighted by Crippen LogP contribution is -2.25. The van der Waals surface area contributed by atoms with E-state index >= 15 is 0 Å². The van der Waals surface area contributed by atoms with Gasteiger partial charge in [-0.25, -0.2) is 0 Å². The van der Waals surface area contributed by atoms with E-state index in [1.165, 1.54) is 0 Å². The summed E-state index contributed by atoms with van der Waals surface area (Å²) in [6, 6.07) is 7.36. The molecule has 0 aromatic heterocycles. The van der Waals surface area contributed by atoms with E-state index in [4.69, 9.17) is 14.2 Å². The number of carbonyl (C=O) groups is 3. The summed E-state index contributed by atoms with van der Waals surface area (Å²) < 4.78 is 16.7. The van der Waals surface area contributed by atoms with Gasteiger partial charge in [-0.3, -0.25) is 19.7 Å². The Hall–Kier alpha value is -2.74. The lowest BCUT2D eigenvalue weighted by Gasteiger charge is -2.22. The van der Waals surface area contributed by atoms with Gasteiger partial charge in [-0.15, -0.1) is 0 Å². The molecular formula is C22H25NO6S. The highest BCUT2D eigenvalue weighted by Crippen LogP contribution is 2.30. The summed E-state index contributed by atoms with van der Waals surface area (Å²) in [5, 5.41) is 1.69. The largest absolute Gasteiger partial charge is 0.497 e. The molecule has 1 N–H and O–H groups in total. The molecule has 0 saturated carbocycles. The number of ether oxygens (including phenoxy) is 3. The summed E-state index contributed by atoms with van der Waals surface area (Å²) in [7, 11) is 1.58. The van der Waals surface area contributed by atoms with E-state index in [2.05, 4.69) is 5.32 Å². The first-order chi connectivity index (χ1) is 14.5. The average molecular weight is 432 g/mol. The number of rotatable bonds is 9. The number of benzene rings is 1. The van der Waals surface area contributed by atoms with Gasteiger partial charge in [-0.05, 0) is 48.6 Å². The molecule has 30 heavy (non-hydrogen) atoms. The molecule has 0 bridgehead atoms. The summed E-state index contributed by atoms with van der Waals surface area (Å²) >= 11 is 1.05. The molecule has 1 aromatic carbocycles. The van der Waals surface area contributed by atoms with Crippen molar-refractivity contribution in [3.8, 4) is 5.75 Å². The van der Waals surface area contributed by atoms with Crippen molar-refractivity contribution >= 4 is 28.9 Å². The quantitative estimate of drug-likeness (QED) is 0.593. The fourth-order valence-corrected chi connectivity index (χ4v) is 4.13. The van der Waals surface area contributed by atoms with E-state index in [-0.39, 0.29) is 41.3 Å². The second-order valence-electron chi connectivity index (χ2n) is 7.00. The zero-order chi connectivity index (χ0) is 21.5. The van der Waals surface area contributed by atoms with E-state index < -0.39 is 6.10 Å². The van der Waals surface area contributed by atoms with Crippen molar-refractivity contribution in [1.29, 1.82) is 0 Å². The van der Waals surface area contributed by atoms with Crippen LogP contribution < -0.4 is 10.1 Å². The number of methoxy groups -OCH3 is 1. The summed E-state index contributed by atoms with van der Waals surface area (Å²) in [6.45, 7) is 1.92. The van der Waals surface area contributed by atoms with E-state index in [0.29, 0.717) is 24.4 Å². The van der Waals surface area contributed by atoms with Crippen LogP contribution in [0.1, 0.15) is 37.9 Å². The van der Waals surface area contributed by atoms with Crippen LogP contribution in [0.15, 0.2) is 48.3 Å². The van der Waals surface area contributed by atoms with Crippen molar-refractivity contribution in [2.24, 2.45) is 5.92 Å². The van der Waals surface area contributed by atoms with Crippen molar-refractivity contribution in [1.82, 2.24) is 5.32 Å². The standard InChI is InChI=1S/C22H25NO6S/c1-3-20(24)29-18(15-5-4-6-17(12-15)27-2)13-28-16-9-7-14(8-10-16)11-19-21(25)23-22(26)30-19/h4-7,9-10,12,14,18-19H,3,8,11,13H2,1-2H3,(H,23,25,26)/t14?,18-,19?/m0/s1. The Morgan fingerprint density at radius 1 is 1.33 bits per heavy atom. The SMILES string of the molecule is CCC(=O)O[C@@H](COC1=CCC(CC2SC(=O)NC2=O)C=C1)c1cccc(OC)c1. The second kappa shape index (κ2) is 10.3. The minimum Gasteiger partial charge on any atom is -0.497 e. The zero-order valence-corrected chi connectivity index (χ0v) is 17.8. The fourth-order valence-electron chi connectivity index (χ4n) is 3.20. The predicted octanol–water partition coefficient (Wildman–Crippen LogP) is 3.91. The summed E-state index contributed by atoms with van der Waals surface area (Å²) in [4.78, 5) is 34.9. The van der Waals surface area contributed by atoms with Gasteiger partial charge in [0.15, 0.2) is 6.10 Å². The third-order valence-corrected chi connectivity index (χ3v) is 5.87. The molecule has 7 nitrogen and oxygen atoms in total. The number of esters is 1. The van der Waals surface area contributed by atoms with Crippen LogP contribution >= 0.6 is 11.8 Å². The zero-order valence-electron chi connectivity index (χ0n) is 17.0. The molecule has 3 rings (SSSR count). The lowest BCUT2D eigenvalue weighted by molar-refractivity contribution is -0.151. The highest BCUT2D eigenvalue weighted by molar-refractivity contribution is 8.15. The van der Waals surface area contributed by atoms with Gasteiger partial charge in [0, 0.05) is 6.42 Å². The minimum absolute atomic E-state index is 0.165. The maximum absolute atomic E-state index is 11.9. The van der Waals surface area contributed by atoms with Gasteiger partial charge in [0.05, 0.1) is 12.4 Å². The topological polar surface area (TPSA) is 90.9 Å². The van der Waals surface area contributed by atoms with Crippen molar-refractivity contribution < 1.29 is 28.6 Å². The Labute approximate surface area is 179 Å². The Morgan fingerprint density at radius 3 is 2.80 bits per heavy atom. The highest BCUT2D eigenvalue weighted by atomic mass is 32.2. The Morgan fingerprint density at radius 2 is 2.17 bits per heavy atom. The molecule has 1 aromatic rings. The molecule has 1 aliphatic carbocycles. The van der Waals surface area contributed by atoms with Gasteiger partial charge in [-0.1, -0.05) is 36.9 Å². The monoisotopic (exact) mass is 431 g/mol. The third kappa shape index (κ3) is 5.89. The lowest BCUT2D eigenvalue weighted by atomic mass is 9.94.